The van der Waals surface area contributed by atoms with Gasteiger partial charge in [0.2, 0.25) is 5.79 Å². The summed E-state index contributed by atoms with van der Waals surface area (Å²) in [5, 5.41) is 0. The molecule has 0 saturated carbocycles. The molecule has 1 aliphatic rings. The van der Waals surface area contributed by atoms with Crippen LogP contribution in [0.25, 0.3) is 0 Å². The van der Waals surface area contributed by atoms with Gasteiger partial charge in [-0.05, 0) is 0 Å². The van der Waals surface area contributed by atoms with E-state index in [1.54, 1.807) is 0 Å². The molecule has 0 bridgehead atoms. The molecule has 0 saturated heterocycles. The zero-order valence-corrected chi connectivity index (χ0v) is 5.10. The molecule has 0 aliphatic carbocycles. The van der Waals surface area contributed by atoms with Crippen LogP contribution in [0.1, 0.15) is 13.8 Å². The van der Waals surface area contributed by atoms with Gasteiger partial charge in [0.25, 0.3) is 0 Å². The summed E-state index contributed by atoms with van der Waals surface area (Å²) in [4.78, 5) is 0. The second kappa shape index (κ2) is 1.41. The standard InChI is InChI=1S/C6H9O2/c1-5-4-7-6(2,3)8-5/h4H,1H2,2-3H3. The Morgan fingerprint density at radius 1 is 1.62 bits per heavy atom. The average molecular weight is 113 g/mol. The minimum atomic E-state index is -0.489. The fourth-order valence-electron chi connectivity index (χ4n) is 0.571. The zero-order valence-electron chi connectivity index (χ0n) is 5.10. The minimum Gasteiger partial charge on any atom is -0.457 e. The molecule has 1 heterocycles. The minimum absolute atomic E-state index is 0.489. The van der Waals surface area contributed by atoms with Crippen LogP contribution in [0.2, 0.25) is 0 Å². The van der Waals surface area contributed by atoms with Crippen LogP contribution in [-0.2, 0) is 9.47 Å². The van der Waals surface area contributed by atoms with Gasteiger partial charge in [-0.3, -0.25) is 0 Å². The summed E-state index contributed by atoms with van der Waals surface area (Å²) >= 11 is 0. The molecule has 0 unspecified atom stereocenters. The lowest BCUT2D eigenvalue weighted by Gasteiger charge is -2.16. The van der Waals surface area contributed by atoms with Gasteiger partial charge >= 0.3 is 0 Å². The third-order valence-electron chi connectivity index (χ3n) is 0.851. The predicted octanol–water partition coefficient (Wildman–Crippen LogP) is 1.44. The second-order valence-electron chi connectivity index (χ2n) is 2.20. The zero-order chi connectivity index (χ0) is 6.20. The van der Waals surface area contributed by atoms with Crippen molar-refractivity contribution in [2.24, 2.45) is 0 Å². The van der Waals surface area contributed by atoms with E-state index in [4.69, 9.17) is 9.47 Å². The molecule has 2 heteroatoms. The van der Waals surface area contributed by atoms with E-state index in [0.29, 0.717) is 5.76 Å². The van der Waals surface area contributed by atoms with Gasteiger partial charge in [0.05, 0.1) is 0 Å². The fourth-order valence-corrected chi connectivity index (χ4v) is 0.571. The van der Waals surface area contributed by atoms with Gasteiger partial charge in [0, 0.05) is 20.8 Å². The molecular formula is C6H9O2. The summed E-state index contributed by atoms with van der Waals surface area (Å²) in [7, 11) is 0. The molecule has 1 aliphatic heterocycles. The van der Waals surface area contributed by atoms with Gasteiger partial charge in [-0.1, -0.05) is 0 Å². The molecule has 1 radical (unpaired) electrons. The molecule has 0 aromatic heterocycles. The Morgan fingerprint density at radius 2 is 2.25 bits per heavy atom. The van der Waals surface area contributed by atoms with E-state index in [-0.39, 0.29) is 0 Å². The Morgan fingerprint density at radius 3 is 2.38 bits per heavy atom. The average Bonchev–Trinajstić information content (AvgIpc) is 1.82. The van der Waals surface area contributed by atoms with Crippen LogP contribution >= 0.6 is 0 Å². The first-order valence-electron chi connectivity index (χ1n) is 2.49. The number of rotatable bonds is 0. The first-order chi connectivity index (χ1) is 3.60. The normalized spacial score (nSPS) is 23.6. The first kappa shape index (κ1) is 5.48. The van der Waals surface area contributed by atoms with Crippen molar-refractivity contribution in [1.29, 1.82) is 0 Å². The van der Waals surface area contributed by atoms with Crippen molar-refractivity contribution in [1.82, 2.24) is 0 Å². The van der Waals surface area contributed by atoms with Gasteiger partial charge in [0.15, 0.2) is 0 Å². The van der Waals surface area contributed by atoms with Crippen LogP contribution in [-0.4, -0.2) is 5.79 Å². The van der Waals surface area contributed by atoms with E-state index in [1.165, 1.54) is 6.26 Å². The van der Waals surface area contributed by atoms with Gasteiger partial charge < -0.3 is 9.47 Å². The number of hydrogen-bond donors (Lipinski definition) is 0. The topological polar surface area (TPSA) is 18.5 Å². The maximum atomic E-state index is 5.08. The molecular weight excluding hydrogens is 104 g/mol. The van der Waals surface area contributed by atoms with Crippen molar-refractivity contribution in [2.45, 2.75) is 19.6 Å². The summed E-state index contributed by atoms with van der Waals surface area (Å²) in [5.74, 6) is 0.104. The lowest BCUT2D eigenvalue weighted by molar-refractivity contribution is -0.114. The van der Waals surface area contributed by atoms with Crippen molar-refractivity contribution < 1.29 is 9.47 Å². The van der Waals surface area contributed by atoms with E-state index < -0.39 is 5.79 Å². The SMILES string of the molecule is [CH2]C1=COC(C)(C)O1. The number of hydrogen-bond acceptors (Lipinski definition) is 2. The third-order valence-corrected chi connectivity index (χ3v) is 0.851. The van der Waals surface area contributed by atoms with Crippen molar-refractivity contribution in [2.75, 3.05) is 0 Å². The van der Waals surface area contributed by atoms with Crippen LogP contribution < -0.4 is 0 Å². The molecule has 0 atom stereocenters. The fraction of sp³-hybridized carbons (Fsp3) is 0.500. The van der Waals surface area contributed by atoms with Crippen molar-refractivity contribution in [3.63, 3.8) is 0 Å². The molecule has 0 amide bonds. The van der Waals surface area contributed by atoms with E-state index in [9.17, 15) is 0 Å². The largest absolute Gasteiger partial charge is 0.457 e. The molecule has 1 rings (SSSR count). The predicted molar refractivity (Wildman–Crippen MR) is 29.7 cm³/mol. The Hall–Kier alpha value is -0.660. The van der Waals surface area contributed by atoms with Crippen LogP contribution in [0, 0.1) is 6.92 Å². The van der Waals surface area contributed by atoms with Gasteiger partial charge in [0.1, 0.15) is 12.0 Å². The first-order valence-corrected chi connectivity index (χ1v) is 2.49. The highest BCUT2D eigenvalue weighted by Gasteiger charge is 2.24. The maximum Gasteiger partial charge on any atom is 0.244 e. The summed E-state index contributed by atoms with van der Waals surface area (Å²) in [5.41, 5.74) is 0. The summed E-state index contributed by atoms with van der Waals surface area (Å²) in [6.07, 6.45) is 1.51. The van der Waals surface area contributed by atoms with Crippen LogP contribution in [0.4, 0.5) is 0 Å². The van der Waals surface area contributed by atoms with Crippen molar-refractivity contribution in [3.8, 4) is 0 Å². The van der Waals surface area contributed by atoms with Gasteiger partial charge in [-0.15, -0.1) is 0 Å². The van der Waals surface area contributed by atoms with E-state index in [0.717, 1.165) is 0 Å². The molecule has 0 aromatic carbocycles. The Kier molecular flexibility index (Phi) is 0.962. The van der Waals surface area contributed by atoms with Gasteiger partial charge in [-0.25, -0.2) is 0 Å². The molecule has 0 fully saturated rings. The lowest BCUT2D eigenvalue weighted by atomic mass is 10.4. The van der Waals surface area contributed by atoms with Gasteiger partial charge in [-0.2, -0.15) is 0 Å². The highest BCUT2D eigenvalue weighted by atomic mass is 16.7. The number of allylic oxidation sites excluding steroid dienone is 1. The van der Waals surface area contributed by atoms with Crippen molar-refractivity contribution >= 4 is 0 Å². The molecule has 0 aromatic rings. The van der Waals surface area contributed by atoms with E-state index >= 15 is 0 Å². The second-order valence-corrected chi connectivity index (χ2v) is 2.20. The molecule has 2 nitrogen and oxygen atoms in total. The van der Waals surface area contributed by atoms with Crippen LogP contribution in [0.15, 0.2) is 12.0 Å². The Labute approximate surface area is 49.1 Å². The molecule has 8 heavy (non-hydrogen) atoms. The third kappa shape index (κ3) is 0.941. The molecule has 0 spiro atoms. The number of ether oxygens (including phenoxy) is 2. The highest BCUT2D eigenvalue weighted by Crippen LogP contribution is 2.22. The summed E-state index contributed by atoms with van der Waals surface area (Å²) in [6, 6.07) is 0. The smallest absolute Gasteiger partial charge is 0.244 e. The Bertz CT molecular complexity index is 124. The molecule has 0 N–H and O–H groups in total. The van der Waals surface area contributed by atoms with Crippen molar-refractivity contribution in [3.05, 3.63) is 18.9 Å². The Balaban J connectivity index is 2.55. The summed E-state index contributed by atoms with van der Waals surface area (Å²) < 4.78 is 10.1. The van der Waals surface area contributed by atoms with Crippen LogP contribution in [0.5, 0.6) is 0 Å². The maximum absolute atomic E-state index is 5.08. The monoisotopic (exact) mass is 113 g/mol. The quantitative estimate of drug-likeness (QED) is 0.473. The van der Waals surface area contributed by atoms with E-state index in [2.05, 4.69) is 6.92 Å². The highest BCUT2D eigenvalue weighted by molar-refractivity contribution is 4.97. The van der Waals surface area contributed by atoms with Crippen LogP contribution in [0.3, 0.4) is 0 Å². The lowest BCUT2D eigenvalue weighted by Crippen LogP contribution is -2.19. The van der Waals surface area contributed by atoms with E-state index in [1.807, 2.05) is 13.8 Å². The summed E-state index contributed by atoms with van der Waals surface area (Å²) in [6.45, 7) is 7.22. The molecule has 45 valence electrons.